The largest absolute Gasteiger partial charge is 0.277 e. The van der Waals surface area contributed by atoms with Gasteiger partial charge in [-0.25, -0.2) is 18.4 Å². The molecule has 0 saturated carbocycles. The number of hydrogen-bond acceptors (Lipinski definition) is 4. The first-order valence-corrected chi connectivity index (χ1v) is 8.70. The maximum absolute atomic E-state index is 12.2. The van der Waals surface area contributed by atoms with Gasteiger partial charge in [0.25, 0.3) is 10.0 Å². The normalized spacial score (nSPS) is 11.4. The van der Waals surface area contributed by atoms with Crippen LogP contribution in [0, 0.1) is 6.92 Å². The first-order valence-electron chi connectivity index (χ1n) is 5.25. The van der Waals surface area contributed by atoms with Crippen molar-refractivity contribution in [3.8, 4) is 0 Å². The van der Waals surface area contributed by atoms with Crippen molar-refractivity contribution in [2.75, 3.05) is 4.72 Å². The molecule has 0 aliphatic carbocycles. The van der Waals surface area contributed by atoms with Gasteiger partial charge in [0, 0.05) is 8.95 Å². The number of aryl methyl sites for hydroxylation is 1. The molecule has 0 aliphatic rings. The number of nitrogens with zero attached hydrogens (tertiary/aromatic N) is 2. The quantitative estimate of drug-likeness (QED) is 0.736. The van der Waals surface area contributed by atoms with Gasteiger partial charge >= 0.3 is 0 Å². The number of anilines is 1. The van der Waals surface area contributed by atoms with Crippen molar-refractivity contribution in [3.05, 3.63) is 44.3 Å². The van der Waals surface area contributed by atoms with Crippen LogP contribution in [0.1, 0.15) is 5.56 Å². The molecule has 1 aromatic heterocycles. The molecule has 1 heterocycles. The van der Waals surface area contributed by atoms with E-state index in [2.05, 4.69) is 46.5 Å². The predicted molar refractivity (Wildman–Crippen MR) is 84.4 cm³/mol. The lowest BCUT2D eigenvalue weighted by Gasteiger charge is -2.12. The number of sulfonamides is 1. The molecule has 0 aliphatic heterocycles. The molecular formula is C11H8Br2ClN3O2S. The molecule has 9 heteroatoms. The van der Waals surface area contributed by atoms with E-state index in [-0.39, 0.29) is 10.2 Å². The molecule has 1 aromatic carbocycles. The molecule has 0 radical (unpaired) electrons. The van der Waals surface area contributed by atoms with Crippen LogP contribution in [0.15, 0.2) is 38.4 Å². The second-order valence-corrected chi connectivity index (χ2v) is 7.63. The molecule has 20 heavy (non-hydrogen) atoms. The number of hydrogen-bond donors (Lipinski definition) is 1. The first-order chi connectivity index (χ1) is 9.29. The summed E-state index contributed by atoms with van der Waals surface area (Å²) in [7, 11) is -3.78. The van der Waals surface area contributed by atoms with Crippen LogP contribution in [0.5, 0.6) is 0 Å². The van der Waals surface area contributed by atoms with Crippen LogP contribution in [-0.4, -0.2) is 18.4 Å². The summed E-state index contributed by atoms with van der Waals surface area (Å²) in [6.45, 7) is 1.90. The van der Waals surface area contributed by atoms with Gasteiger partial charge in [-0.15, -0.1) is 0 Å². The summed E-state index contributed by atoms with van der Waals surface area (Å²) in [5.41, 5.74) is 1.40. The molecule has 0 unspecified atom stereocenters. The molecule has 0 saturated heterocycles. The molecule has 2 rings (SSSR count). The standard InChI is InChI=1S/C11H8Br2ClN3O2S/c1-6-2-8(12)10(9(13)3-6)17-20(18,19)7-4-15-11(14)16-5-7/h2-5,17H,1H3. The van der Waals surface area contributed by atoms with E-state index >= 15 is 0 Å². The highest BCUT2D eigenvalue weighted by atomic mass is 79.9. The van der Waals surface area contributed by atoms with Crippen molar-refractivity contribution in [2.24, 2.45) is 0 Å². The molecule has 0 amide bonds. The molecule has 0 fully saturated rings. The topological polar surface area (TPSA) is 72.0 Å². The number of benzene rings is 1. The van der Waals surface area contributed by atoms with Gasteiger partial charge in [-0.3, -0.25) is 4.72 Å². The molecule has 2 aromatic rings. The van der Waals surface area contributed by atoms with Crippen molar-refractivity contribution in [3.63, 3.8) is 0 Å². The van der Waals surface area contributed by atoms with Gasteiger partial charge in [0.15, 0.2) is 0 Å². The third-order valence-corrected chi connectivity index (χ3v) is 5.08. The Morgan fingerprint density at radius 3 is 2.15 bits per heavy atom. The fraction of sp³-hybridized carbons (Fsp3) is 0.0909. The van der Waals surface area contributed by atoms with Crippen LogP contribution in [-0.2, 0) is 10.0 Å². The summed E-state index contributed by atoms with van der Waals surface area (Å²) < 4.78 is 28.2. The van der Waals surface area contributed by atoms with Crippen LogP contribution >= 0.6 is 43.5 Å². The Morgan fingerprint density at radius 2 is 1.65 bits per heavy atom. The van der Waals surface area contributed by atoms with E-state index in [0.29, 0.717) is 14.6 Å². The molecule has 0 spiro atoms. The zero-order valence-electron chi connectivity index (χ0n) is 10.1. The summed E-state index contributed by atoms with van der Waals surface area (Å²) in [5.74, 6) is 0. The summed E-state index contributed by atoms with van der Waals surface area (Å²) in [6, 6.07) is 3.61. The van der Waals surface area contributed by atoms with E-state index in [0.717, 1.165) is 18.0 Å². The fourth-order valence-electron chi connectivity index (χ4n) is 1.43. The van der Waals surface area contributed by atoms with Crippen LogP contribution in [0.4, 0.5) is 5.69 Å². The Labute approximate surface area is 138 Å². The zero-order chi connectivity index (χ0) is 14.9. The van der Waals surface area contributed by atoms with Gasteiger partial charge in [-0.05, 0) is 68.1 Å². The number of nitrogens with one attached hydrogen (secondary N) is 1. The minimum Gasteiger partial charge on any atom is -0.277 e. The molecule has 5 nitrogen and oxygen atoms in total. The van der Waals surface area contributed by atoms with Gasteiger partial charge < -0.3 is 0 Å². The summed E-state index contributed by atoms with van der Waals surface area (Å²) in [4.78, 5) is 7.25. The highest BCUT2D eigenvalue weighted by Crippen LogP contribution is 2.33. The lowest BCUT2D eigenvalue weighted by Crippen LogP contribution is -2.14. The molecule has 106 valence electrons. The van der Waals surface area contributed by atoms with E-state index in [4.69, 9.17) is 11.6 Å². The Bertz CT molecular complexity index is 728. The first kappa shape index (κ1) is 15.7. The van der Waals surface area contributed by atoms with Crippen molar-refractivity contribution in [2.45, 2.75) is 11.8 Å². The number of halogens is 3. The van der Waals surface area contributed by atoms with Crippen LogP contribution in [0.25, 0.3) is 0 Å². The van der Waals surface area contributed by atoms with Gasteiger partial charge in [0.05, 0.1) is 18.1 Å². The monoisotopic (exact) mass is 439 g/mol. The Morgan fingerprint density at radius 1 is 1.15 bits per heavy atom. The van der Waals surface area contributed by atoms with Gasteiger partial charge in [0.2, 0.25) is 5.28 Å². The lowest BCUT2D eigenvalue weighted by molar-refractivity contribution is 0.600. The second-order valence-electron chi connectivity index (χ2n) is 3.90. The molecule has 0 bridgehead atoms. The highest BCUT2D eigenvalue weighted by Gasteiger charge is 2.18. The minimum atomic E-state index is -3.78. The van der Waals surface area contributed by atoms with Gasteiger partial charge in [0.1, 0.15) is 4.90 Å². The van der Waals surface area contributed by atoms with Gasteiger partial charge in [-0.2, -0.15) is 0 Å². The number of rotatable bonds is 3. The zero-order valence-corrected chi connectivity index (χ0v) is 14.8. The predicted octanol–water partition coefficient (Wildman–Crippen LogP) is 3.76. The Kier molecular flexibility index (Phi) is 4.68. The summed E-state index contributed by atoms with van der Waals surface area (Å²) in [6.07, 6.45) is 2.29. The smallest absolute Gasteiger partial charge is 0.265 e. The van der Waals surface area contributed by atoms with E-state index in [1.54, 1.807) is 12.1 Å². The number of aromatic nitrogens is 2. The van der Waals surface area contributed by atoms with Crippen molar-refractivity contribution in [1.29, 1.82) is 0 Å². The average Bonchev–Trinajstić information content (AvgIpc) is 2.34. The fourth-order valence-corrected chi connectivity index (χ4v) is 4.39. The Hall–Kier alpha value is -0.700. The average molecular weight is 442 g/mol. The minimum absolute atomic E-state index is 0.0124. The molecule has 1 N–H and O–H groups in total. The van der Waals surface area contributed by atoms with Gasteiger partial charge in [-0.1, -0.05) is 0 Å². The summed E-state index contributed by atoms with van der Waals surface area (Å²) >= 11 is 12.2. The van der Waals surface area contributed by atoms with Crippen LogP contribution in [0.2, 0.25) is 5.28 Å². The third kappa shape index (κ3) is 3.49. The van der Waals surface area contributed by atoms with E-state index in [1.807, 2.05) is 6.92 Å². The van der Waals surface area contributed by atoms with E-state index in [1.165, 1.54) is 0 Å². The van der Waals surface area contributed by atoms with E-state index < -0.39 is 10.0 Å². The molecular weight excluding hydrogens is 433 g/mol. The van der Waals surface area contributed by atoms with Crippen molar-refractivity contribution >= 4 is 59.2 Å². The van der Waals surface area contributed by atoms with Crippen molar-refractivity contribution in [1.82, 2.24) is 9.97 Å². The second kappa shape index (κ2) is 5.97. The third-order valence-electron chi connectivity index (χ3n) is 2.33. The maximum Gasteiger partial charge on any atom is 0.265 e. The van der Waals surface area contributed by atoms with Crippen LogP contribution in [0.3, 0.4) is 0 Å². The van der Waals surface area contributed by atoms with Crippen molar-refractivity contribution < 1.29 is 8.42 Å². The summed E-state index contributed by atoms with van der Waals surface area (Å²) in [5, 5.41) is -0.0124. The van der Waals surface area contributed by atoms with Crippen LogP contribution < -0.4 is 4.72 Å². The SMILES string of the molecule is Cc1cc(Br)c(NS(=O)(=O)c2cnc(Cl)nc2)c(Br)c1. The lowest BCUT2D eigenvalue weighted by atomic mass is 10.2. The maximum atomic E-state index is 12.2. The molecule has 0 atom stereocenters. The Balaban J connectivity index is 2.41. The van der Waals surface area contributed by atoms with E-state index in [9.17, 15) is 8.42 Å². The highest BCUT2D eigenvalue weighted by molar-refractivity contribution is 9.11.